The van der Waals surface area contributed by atoms with E-state index in [4.69, 9.17) is 5.73 Å². The molecule has 1 aromatic carbocycles. The molecule has 4 atom stereocenters. The first-order valence-corrected chi connectivity index (χ1v) is 14.1. The van der Waals surface area contributed by atoms with Crippen LogP contribution in [0.5, 0.6) is 5.75 Å². The Morgan fingerprint density at radius 3 is 2.32 bits per heavy atom. The van der Waals surface area contributed by atoms with Gasteiger partial charge < -0.3 is 31.5 Å². The fourth-order valence-electron chi connectivity index (χ4n) is 4.34. The molecule has 1 fully saturated rings. The Morgan fingerprint density at radius 1 is 1.12 bits per heavy atom. The third kappa shape index (κ3) is 9.74. The number of amides is 2. The minimum absolute atomic E-state index is 0.118. The summed E-state index contributed by atoms with van der Waals surface area (Å²) < 4.78 is 12.6. The van der Waals surface area contributed by atoms with E-state index >= 15 is 0 Å². The predicted octanol–water partition coefficient (Wildman–Crippen LogP) is 1.73. The molecule has 34 heavy (non-hydrogen) atoms. The molecule has 0 heterocycles. The van der Waals surface area contributed by atoms with Gasteiger partial charge in [-0.3, -0.25) is 14.2 Å². The first-order chi connectivity index (χ1) is 16.0. The van der Waals surface area contributed by atoms with Gasteiger partial charge in [0.1, 0.15) is 11.8 Å². The van der Waals surface area contributed by atoms with Crippen LogP contribution in [-0.2, 0) is 20.6 Å². The van der Waals surface area contributed by atoms with Crippen molar-refractivity contribution in [3.63, 3.8) is 0 Å². The van der Waals surface area contributed by atoms with E-state index in [1.54, 1.807) is 26.0 Å². The van der Waals surface area contributed by atoms with Gasteiger partial charge in [0.25, 0.3) is 0 Å². The Labute approximate surface area is 202 Å². The number of phenols is 1. The van der Waals surface area contributed by atoms with Gasteiger partial charge in [0.2, 0.25) is 19.2 Å². The summed E-state index contributed by atoms with van der Waals surface area (Å²) in [5, 5.41) is 24.9. The molecular formula is C24H40N3O6P. The molecule has 1 aliphatic carbocycles. The van der Waals surface area contributed by atoms with Gasteiger partial charge in [-0.15, -0.1) is 0 Å². The lowest BCUT2D eigenvalue weighted by Gasteiger charge is -2.26. The van der Waals surface area contributed by atoms with E-state index in [1.165, 1.54) is 12.1 Å². The second-order valence-electron chi connectivity index (χ2n) is 9.82. The van der Waals surface area contributed by atoms with Crippen LogP contribution in [0.3, 0.4) is 0 Å². The van der Waals surface area contributed by atoms with Crippen LogP contribution in [0, 0.1) is 11.8 Å². The molecular weight excluding hydrogens is 457 g/mol. The molecule has 1 aromatic rings. The Kier molecular flexibility index (Phi) is 11.0. The predicted molar refractivity (Wildman–Crippen MR) is 132 cm³/mol. The number of nitrogens with one attached hydrogen (secondary N) is 2. The number of rotatable bonds is 12. The highest BCUT2D eigenvalue weighted by molar-refractivity contribution is 7.58. The van der Waals surface area contributed by atoms with Crippen LogP contribution < -0.4 is 16.4 Å². The Bertz CT molecular complexity index is 842. The third-order valence-corrected chi connectivity index (χ3v) is 8.33. The summed E-state index contributed by atoms with van der Waals surface area (Å²) in [5.41, 5.74) is 6.77. The highest BCUT2D eigenvalue weighted by Gasteiger charge is 2.30. The number of nitrogens with two attached hydrogens (primary N) is 1. The van der Waals surface area contributed by atoms with Crippen LogP contribution in [0.2, 0.25) is 0 Å². The van der Waals surface area contributed by atoms with Crippen molar-refractivity contribution in [2.75, 3.05) is 18.9 Å². The molecule has 1 saturated carbocycles. The van der Waals surface area contributed by atoms with E-state index in [1.807, 2.05) is 0 Å². The number of hydrogen-bond acceptors (Lipinski definition) is 6. The Hall–Kier alpha value is -1.93. The van der Waals surface area contributed by atoms with Crippen molar-refractivity contribution in [1.29, 1.82) is 0 Å². The van der Waals surface area contributed by atoms with E-state index in [9.17, 15) is 29.3 Å². The third-order valence-electron chi connectivity index (χ3n) is 6.25. The standard InChI is InChI=1S/C24H40N3O6P/c1-16(2)22(27-23(30)21(25)12-17-8-10-19(28)11-9-17)24(31)26-13-20(29)15-34(32,33)14-18-6-4-3-5-7-18/h8-11,16,18,20-22,28-29H,3-7,12-15,25H2,1-2H3,(H,26,31)(H,27,30)(H,32,33)/t20-,21?,22+/m1/s1. The molecule has 10 heteroatoms. The quantitative estimate of drug-likeness (QED) is 0.240. The van der Waals surface area contributed by atoms with E-state index in [0.29, 0.717) is 0 Å². The average Bonchev–Trinajstić information content (AvgIpc) is 2.77. The molecule has 0 radical (unpaired) electrons. The molecule has 9 nitrogen and oxygen atoms in total. The summed E-state index contributed by atoms with van der Waals surface area (Å²) in [5.74, 6) is -0.879. The molecule has 0 bridgehead atoms. The topological polar surface area (TPSA) is 162 Å². The van der Waals surface area contributed by atoms with Crippen molar-refractivity contribution >= 4 is 19.2 Å². The largest absolute Gasteiger partial charge is 0.508 e. The lowest BCUT2D eigenvalue weighted by molar-refractivity contribution is -0.130. The summed E-state index contributed by atoms with van der Waals surface area (Å²) in [6.45, 7) is 3.38. The van der Waals surface area contributed by atoms with Crippen molar-refractivity contribution in [3.8, 4) is 5.75 Å². The zero-order valence-electron chi connectivity index (χ0n) is 20.2. The summed E-state index contributed by atoms with van der Waals surface area (Å²) in [4.78, 5) is 35.6. The molecule has 0 aliphatic heterocycles. The van der Waals surface area contributed by atoms with Gasteiger partial charge in [0.05, 0.1) is 18.3 Å². The highest BCUT2D eigenvalue weighted by atomic mass is 31.2. The van der Waals surface area contributed by atoms with Gasteiger partial charge in [-0.25, -0.2) is 0 Å². The monoisotopic (exact) mass is 497 g/mol. The van der Waals surface area contributed by atoms with Gasteiger partial charge in [0.15, 0.2) is 0 Å². The smallest absolute Gasteiger partial charge is 0.242 e. The second-order valence-corrected chi connectivity index (χ2v) is 12.2. The summed E-state index contributed by atoms with van der Waals surface area (Å²) in [7, 11) is -3.50. The molecule has 192 valence electrons. The molecule has 2 unspecified atom stereocenters. The maximum absolute atomic E-state index is 12.7. The minimum atomic E-state index is -3.50. The zero-order chi connectivity index (χ0) is 25.3. The van der Waals surface area contributed by atoms with Crippen LogP contribution in [0.15, 0.2) is 24.3 Å². The number of benzene rings is 1. The summed E-state index contributed by atoms with van der Waals surface area (Å²) >= 11 is 0. The van der Waals surface area contributed by atoms with E-state index in [2.05, 4.69) is 10.6 Å². The van der Waals surface area contributed by atoms with E-state index < -0.39 is 37.4 Å². The van der Waals surface area contributed by atoms with Crippen LogP contribution in [0.1, 0.15) is 51.5 Å². The molecule has 1 aliphatic rings. The number of hydrogen-bond donors (Lipinski definition) is 6. The summed E-state index contributed by atoms with van der Waals surface area (Å²) in [6.07, 6.45) is 4.24. The first kappa shape index (κ1) is 28.3. The van der Waals surface area contributed by atoms with Crippen molar-refractivity contribution in [2.24, 2.45) is 17.6 Å². The lowest BCUT2D eigenvalue weighted by Crippen LogP contribution is -2.55. The number of carbonyl (C=O) groups excluding carboxylic acids is 2. The molecule has 7 N–H and O–H groups in total. The van der Waals surface area contributed by atoms with Crippen LogP contribution >= 0.6 is 7.37 Å². The second kappa shape index (κ2) is 13.2. The molecule has 2 rings (SSSR count). The maximum atomic E-state index is 12.7. The van der Waals surface area contributed by atoms with Gasteiger partial charge >= 0.3 is 0 Å². The van der Waals surface area contributed by atoms with Crippen LogP contribution in [-0.4, -0.2) is 64.0 Å². The summed E-state index contributed by atoms with van der Waals surface area (Å²) in [6, 6.07) is 4.61. The fraction of sp³-hybridized carbons (Fsp3) is 0.667. The zero-order valence-corrected chi connectivity index (χ0v) is 21.0. The molecule has 2 amide bonds. The van der Waals surface area contributed by atoms with E-state index in [-0.39, 0.29) is 42.9 Å². The van der Waals surface area contributed by atoms with Gasteiger partial charge in [0, 0.05) is 12.7 Å². The first-order valence-electron chi connectivity index (χ1n) is 12.1. The van der Waals surface area contributed by atoms with Gasteiger partial charge in [-0.05, 0) is 48.8 Å². The number of aromatic hydroxyl groups is 1. The van der Waals surface area contributed by atoms with Gasteiger partial charge in [-0.2, -0.15) is 0 Å². The average molecular weight is 498 g/mol. The number of aliphatic hydroxyl groups excluding tert-OH is 1. The fourth-order valence-corrected chi connectivity index (χ4v) is 6.45. The molecule has 0 spiro atoms. The van der Waals surface area contributed by atoms with Crippen LogP contribution in [0.25, 0.3) is 0 Å². The number of carbonyl (C=O) groups is 2. The lowest BCUT2D eigenvalue weighted by atomic mass is 9.91. The highest BCUT2D eigenvalue weighted by Crippen LogP contribution is 2.45. The maximum Gasteiger partial charge on any atom is 0.242 e. The Morgan fingerprint density at radius 2 is 1.74 bits per heavy atom. The van der Waals surface area contributed by atoms with Crippen molar-refractivity contribution in [3.05, 3.63) is 29.8 Å². The van der Waals surface area contributed by atoms with E-state index in [0.717, 1.165) is 37.7 Å². The van der Waals surface area contributed by atoms with Gasteiger partial charge in [-0.1, -0.05) is 45.2 Å². The number of aliphatic hydroxyl groups is 1. The Balaban J connectivity index is 1.83. The SMILES string of the molecule is CC(C)[C@H](NC(=O)C(N)Cc1ccc(O)cc1)C(=O)NC[C@@H](O)CP(=O)(O)CC1CCCCC1. The minimum Gasteiger partial charge on any atom is -0.508 e. The number of phenolic OH excluding ortho intramolecular Hbond substituents is 1. The van der Waals surface area contributed by atoms with Crippen LogP contribution in [0.4, 0.5) is 0 Å². The van der Waals surface area contributed by atoms with Crippen molar-refractivity contribution in [1.82, 2.24) is 10.6 Å². The van der Waals surface area contributed by atoms with Crippen molar-refractivity contribution in [2.45, 2.75) is 70.6 Å². The normalized spacial score (nSPS) is 19.1. The van der Waals surface area contributed by atoms with Crippen molar-refractivity contribution < 1.29 is 29.3 Å². The molecule has 0 saturated heterocycles. The molecule has 0 aromatic heterocycles.